The lowest BCUT2D eigenvalue weighted by Gasteiger charge is -2.34. The van der Waals surface area contributed by atoms with Crippen molar-refractivity contribution < 1.29 is 31.5 Å². The molecular formula is C29H38F3N3O4S. The number of hydrogen-bond acceptors (Lipinski definition) is 6. The van der Waals surface area contributed by atoms with Crippen molar-refractivity contribution >= 4 is 15.7 Å². The van der Waals surface area contributed by atoms with Crippen LogP contribution in [0, 0.1) is 11.8 Å². The predicted octanol–water partition coefficient (Wildman–Crippen LogP) is 5.36. The zero-order valence-corrected chi connectivity index (χ0v) is 23.8. The molecule has 2 N–H and O–H groups in total. The molecule has 11 heteroatoms. The Morgan fingerprint density at radius 1 is 1.15 bits per heavy atom. The highest BCUT2D eigenvalue weighted by Gasteiger charge is 2.42. The van der Waals surface area contributed by atoms with Gasteiger partial charge in [0, 0.05) is 37.5 Å². The number of halogens is 3. The number of pyridine rings is 1. The number of fused-ring (bicyclic) bond motifs is 1. The number of carbonyl (C=O) groups is 1. The molecule has 2 atom stereocenters. The number of aliphatic hydroxyl groups is 1. The van der Waals surface area contributed by atoms with Gasteiger partial charge < -0.3 is 10.4 Å². The molecule has 0 radical (unpaired) electrons. The molecular weight excluding hydrogens is 543 g/mol. The second-order valence-electron chi connectivity index (χ2n) is 10.9. The maximum Gasteiger partial charge on any atom is 0.391 e. The highest BCUT2D eigenvalue weighted by molar-refractivity contribution is 7.91. The molecule has 2 aliphatic rings. The van der Waals surface area contributed by atoms with Crippen molar-refractivity contribution in [2.24, 2.45) is 11.8 Å². The van der Waals surface area contributed by atoms with E-state index in [1.165, 1.54) is 12.3 Å². The van der Waals surface area contributed by atoms with Crippen LogP contribution < -0.4 is 5.32 Å². The molecule has 2 heterocycles. The second kappa shape index (κ2) is 12.6. The maximum atomic E-state index is 13.2. The van der Waals surface area contributed by atoms with Crippen LogP contribution in [-0.2, 0) is 16.4 Å². The van der Waals surface area contributed by atoms with Crippen LogP contribution in [0.5, 0.6) is 0 Å². The van der Waals surface area contributed by atoms with Crippen LogP contribution in [0.1, 0.15) is 91.6 Å². The van der Waals surface area contributed by atoms with Crippen molar-refractivity contribution in [3.8, 4) is 0 Å². The number of sulfone groups is 1. The van der Waals surface area contributed by atoms with E-state index in [9.17, 15) is 31.5 Å². The van der Waals surface area contributed by atoms with Crippen molar-refractivity contribution in [1.29, 1.82) is 0 Å². The Hall–Kier alpha value is -2.50. The van der Waals surface area contributed by atoms with E-state index in [2.05, 4.69) is 22.1 Å². The van der Waals surface area contributed by atoms with E-state index in [0.29, 0.717) is 30.6 Å². The molecule has 1 saturated carbocycles. The molecule has 1 aliphatic heterocycles. The summed E-state index contributed by atoms with van der Waals surface area (Å²) in [6.45, 7) is 4.84. The largest absolute Gasteiger partial charge is 0.396 e. The van der Waals surface area contributed by atoms with Crippen LogP contribution in [0.2, 0.25) is 0 Å². The molecule has 220 valence electrons. The third-order valence-corrected chi connectivity index (χ3v) is 10.1. The summed E-state index contributed by atoms with van der Waals surface area (Å²) in [6.07, 6.45) is -0.220. The van der Waals surface area contributed by atoms with E-state index in [0.717, 1.165) is 24.1 Å². The van der Waals surface area contributed by atoms with E-state index in [-0.39, 0.29) is 54.4 Å². The van der Waals surface area contributed by atoms with Crippen molar-refractivity contribution in [2.45, 2.75) is 82.1 Å². The van der Waals surface area contributed by atoms with Crippen LogP contribution in [0.15, 0.2) is 41.4 Å². The number of rotatable bonds is 10. The van der Waals surface area contributed by atoms with Gasteiger partial charge in [-0.05, 0) is 79.8 Å². The van der Waals surface area contributed by atoms with Crippen molar-refractivity contribution in [1.82, 2.24) is 15.2 Å². The van der Waals surface area contributed by atoms with Crippen molar-refractivity contribution in [3.63, 3.8) is 0 Å². The van der Waals surface area contributed by atoms with Crippen LogP contribution in [-0.4, -0.2) is 54.4 Å². The standard InChI is InChI=1S/C29H38F3N3O4S/c1-3-27-24-11-7-20(15-21(24)18-35(27)17-19-5-8-22(9-6-19)29(30,31)32)28(37)34-26(13-14-36)25-12-10-23(16-33-25)40(38,39)4-2/h7,10-12,15-16,19,22,26-27,36H,3-6,8-9,13-14,17-18H2,1-2H3,(H,34,37)/t19?,22?,26-,27-/m0/s1. The maximum absolute atomic E-state index is 13.2. The van der Waals surface area contributed by atoms with Crippen LogP contribution in [0.3, 0.4) is 0 Å². The van der Waals surface area contributed by atoms with E-state index in [1.807, 2.05) is 12.1 Å². The Kier molecular flexibility index (Phi) is 9.57. The van der Waals surface area contributed by atoms with Gasteiger partial charge in [-0.1, -0.05) is 19.9 Å². The number of alkyl halides is 3. The summed E-state index contributed by atoms with van der Waals surface area (Å²) >= 11 is 0. The predicted molar refractivity (Wildman–Crippen MR) is 145 cm³/mol. The van der Waals surface area contributed by atoms with Gasteiger partial charge in [-0.25, -0.2) is 8.42 Å². The molecule has 4 rings (SSSR count). The fourth-order valence-electron chi connectivity index (χ4n) is 6.02. The first-order chi connectivity index (χ1) is 19.0. The Morgan fingerprint density at radius 3 is 2.45 bits per heavy atom. The molecule has 40 heavy (non-hydrogen) atoms. The third-order valence-electron chi connectivity index (χ3n) is 8.35. The quantitative estimate of drug-likeness (QED) is 0.392. The lowest BCUT2D eigenvalue weighted by atomic mass is 9.81. The number of aliphatic hydroxyl groups excluding tert-OH is 1. The van der Waals surface area contributed by atoms with Crippen LogP contribution >= 0.6 is 0 Å². The first kappa shape index (κ1) is 30.5. The summed E-state index contributed by atoms with van der Waals surface area (Å²) in [5.41, 5.74) is 3.10. The molecule has 1 aromatic carbocycles. The molecule has 1 aliphatic carbocycles. The van der Waals surface area contributed by atoms with Gasteiger partial charge in [0.2, 0.25) is 0 Å². The topological polar surface area (TPSA) is 99.6 Å². The fourth-order valence-corrected chi connectivity index (χ4v) is 6.84. The van der Waals surface area contributed by atoms with Crippen LogP contribution in [0.4, 0.5) is 13.2 Å². The molecule has 1 fully saturated rings. The number of hydrogen-bond donors (Lipinski definition) is 2. The lowest BCUT2D eigenvalue weighted by Crippen LogP contribution is -2.33. The normalized spacial score (nSPS) is 22.6. The zero-order chi connectivity index (χ0) is 29.1. The van der Waals surface area contributed by atoms with Crippen LogP contribution in [0.25, 0.3) is 0 Å². The zero-order valence-electron chi connectivity index (χ0n) is 23.0. The summed E-state index contributed by atoms with van der Waals surface area (Å²) in [6, 6.07) is 8.18. The van der Waals surface area contributed by atoms with Gasteiger partial charge in [-0.3, -0.25) is 14.7 Å². The Labute approximate surface area is 234 Å². The first-order valence-electron chi connectivity index (χ1n) is 14.0. The minimum Gasteiger partial charge on any atom is -0.396 e. The summed E-state index contributed by atoms with van der Waals surface area (Å²) in [5, 5.41) is 12.5. The molecule has 1 amide bonds. The number of nitrogens with zero attached hydrogens (tertiary/aromatic N) is 2. The smallest absolute Gasteiger partial charge is 0.391 e. The SMILES string of the molecule is CC[C@H]1c2ccc(C(=O)N[C@@H](CCO)c3ccc(S(=O)(=O)CC)cn3)cc2CN1CC1CCC(C(F)(F)F)CC1. The van der Waals surface area contributed by atoms with E-state index < -0.39 is 28.0 Å². The Morgan fingerprint density at radius 2 is 1.88 bits per heavy atom. The van der Waals surface area contributed by atoms with Crippen molar-refractivity contribution in [3.05, 3.63) is 58.9 Å². The number of nitrogens with one attached hydrogen (secondary N) is 1. The summed E-state index contributed by atoms with van der Waals surface area (Å²) < 4.78 is 63.4. The fraction of sp³-hybridized carbons (Fsp3) is 0.586. The Balaban J connectivity index is 1.43. The van der Waals surface area contributed by atoms with Gasteiger partial charge >= 0.3 is 6.18 Å². The summed E-state index contributed by atoms with van der Waals surface area (Å²) in [7, 11) is -3.40. The first-order valence-corrected chi connectivity index (χ1v) is 15.7. The van der Waals surface area contributed by atoms with Gasteiger partial charge in [0.25, 0.3) is 5.91 Å². The van der Waals surface area contributed by atoms with E-state index >= 15 is 0 Å². The minimum absolute atomic E-state index is 0.0430. The van der Waals surface area contributed by atoms with Gasteiger partial charge in [0.1, 0.15) is 0 Å². The molecule has 7 nitrogen and oxygen atoms in total. The van der Waals surface area contributed by atoms with Crippen molar-refractivity contribution in [2.75, 3.05) is 18.9 Å². The number of amides is 1. The highest BCUT2D eigenvalue weighted by Crippen LogP contribution is 2.42. The second-order valence-corrected chi connectivity index (χ2v) is 13.2. The summed E-state index contributed by atoms with van der Waals surface area (Å²) in [5.74, 6) is -1.33. The third kappa shape index (κ3) is 6.86. The highest BCUT2D eigenvalue weighted by atomic mass is 32.2. The molecule has 0 spiro atoms. The molecule has 0 bridgehead atoms. The molecule has 0 unspecified atom stereocenters. The number of benzene rings is 1. The Bertz CT molecular complexity index is 1280. The number of carbonyl (C=O) groups excluding carboxylic acids is 1. The molecule has 0 saturated heterocycles. The average molecular weight is 582 g/mol. The van der Waals surface area contributed by atoms with Gasteiger partial charge in [0.05, 0.1) is 28.3 Å². The van der Waals surface area contributed by atoms with E-state index in [1.54, 1.807) is 19.1 Å². The molecule has 2 aromatic rings. The van der Waals surface area contributed by atoms with Gasteiger partial charge in [-0.15, -0.1) is 0 Å². The minimum atomic E-state index is -4.11. The van der Waals surface area contributed by atoms with Gasteiger partial charge in [0.15, 0.2) is 9.84 Å². The lowest BCUT2D eigenvalue weighted by molar-refractivity contribution is -0.184. The number of aromatic nitrogens is 1. The van der Waals surface area contributed by atoms with E-state index in [4.69, 9.17) is 0 Å². The summed E-state index contributed by atoms with van der Waals surface area (Å²) in [4.78, 5) is 19.9. The monoisotopic (exact) mass is 581 g/mol. The molecule has 1 aromatic heterocycles. The van der Waals surface area contributed by atoms with Gasteiger partial charge in [-0.2, -0.15) is 13.2 Å². The average Bonchev–Trinajstić information content (AvgIpc) is 3.28.